The summed E-state index contributed by atoms with van der Waals surface area (Å²) in [6, 6.07) is 16.5. The summed E-state index contributed by atoms with van der Waals surface area (Å²) in [5.41, 5.74) is 2.22. The highest BCUT2D eigenvalue weighted by Gasteiger charge is 2.12. The van der Waals surface area contributed by atoms with Crippen LogP contribution in [0.5, 0.6) is 0 Å². The predicted molar refractivity (Wildman–Crippen MR) is 117 cm³/mol. The van der Waals surface area contributed by atoms with E-state index in [1.165, 1.54) is 30.3 Å². The van der Waals surface area contributed by atoms with Gasteiger partial charge >= 0.3 is 0 Å². The van der Waals surface area contributed by atoms with E-state index in [9.17, 15) is 30.3 Å². The van der Waals surface area contributed by atoms with Crippen molar-refractivity contribution in [1.29, 1.82) is 0 Å². The Hall–Kier alpha value is -4.66. The lowest BCUT2D eigenvalue weighted by Crippen LogP contribution is -1.92. The molecule has 0 aromatic heterocycles. The van der Waals surface area contributed by atoms with Crippen LogP contribution in [0, 0.1) is 30.3 Å². The Morgan fingerprint density at radius 2 is 0.935 bits per heavy atom. The molecule has 9 nitrogen and oxygen atoms in total. The number of benzene rings is 3. The van der Waals surface area contributed by atoms with E-state index in [1.807, 2.05) is 0 Å². The Morgan fingerprint density at radius 1 is 0.516 bits per heavy atom. The van der Waals surface area contributed by atoms with Gasteiger partial charge in [-0.05, 0) is 53.1 Å². The fourth-order valence-corrected chi connectivity index (χ4v) is 2.76. The normalized spacial score (nSPS) is 11.1. The summed E-state index contributed by atoms with van der Waals surface area (Å²) in [6.45, 7) is 0. The van der Waals surface area contributed by atoms with E-state index in [0.29, 0.717) is 16.7 Å². The molecule has 3 aromatic carbocycles. The van der Waals surface area contributed by atoms with E-state index in [0.717, 1.165) is 5.56 Å². The average Bonchev–Trinajstić information content (AvgIpc) is 2.77. The van der Waals surface area contributed by atoms with E-state index in [-0.39, 0.29) is 17.1 Å². The number of rotatable bonds is 7. The van der Waals surface area contributed by atoms with Crippen molar-refractivity contribution in [3.8, 4) is 0 Å². The molecule has 0 radical (unpaired) electrons. The molecular weight excluding hydrogens is 402 g/mol. The quantitative estimate of drug-likeness (QED) is 0.273. The lowest BCUT2D eigenvalue weighted by molar-refractivity contribution is -0.385. The SMILES string of the molecule is O=[N+]([O-])c1ccc(C=Cc2ccc(C=Cc3ccc([N+](=O)[O-])cc3)c([N+](=O)[O-])c2)cc1. The van der Waals surface area contributed by atoms with E-state index in [2.05, 4.69) is 0 Å². The van der Waals surface area contributed by atoms with Gasteiger partial charge in [0.05, 0.1) is 20.3 Å². The Morgan fingerprint density at radius 3 is 1.39 bits per heavy atom. The van der Waals surface area contributed by atoms with Gasteiger partial charge in [0.15, 0.2) is 0 Å². The molecule has 0 fully saturated rings. The molecule has 0 aliphatic rings. The number of nitro benzene ring substituents is 3. The summed E-state index contributed by atoms with van der Waals surface area (Å²) in [6.07, 6.45) is 6.59. The van der Waals surface area contributed by atoms with Gasteiger partial charge in [-0.1, -0.05) is 24.3 Å². The first-order valence-corrected chi connectivity index (χ1v) is 8.97. The maximum atomic E-state index is 11.5. The van der Waals surface area contributed by atoms with Crippen LogP contribution in [0.15, 0.2) is 66.7 Å². The van der Waals surface area contributed by atoms with Crippen molar-refractivity contribution >= 4 is 41.4 Å². The van der Waals surface area contributed by atoms with Crippen LogP contribution < -0.4 is 0 Å². The van der Waals surface area contributed by atoms with Gasteiger partial charge in [0.1, 0.15) is 0 Å². The van der Waals surface area contributed by atoms with Gasteiger partial charge in [-0.3, -0.25) is 30.3 Å². The molecule has 0 amide bonds. The third kappa shape index (κ3) is 5.45. The molecular formula is C22H15N3O6. The zero-order valence-electron chi connectivity index (χ0n) is 16.0. The van der Waals surface area contributed by atoms with Crippen LogP contribution in [-0.4, -0.2) is 14.8 Å². The van der Waals surface area contributed by atoms with Gasteiger partial charge in [-0.2, -0.15) is 0 Å². The van der Waals surface area contributed by atoms with E-state index in [1.54, 1.807) is 60.7 Å². The van der Waals surface area contributed by atoms with Gasteiger partial charge in [-0.15, -0.1) is 0 Å². The molecule has 0 unspecified atom stereocenters. The second kappa shape index (κ2) is 9.23. The molecule has 0 aliphatic heterocycles. The summed E-state index contributed by atoms with van der Waals surface area (Å²) < 4.78 is 0. The standard InChI is InChI=1S/C22H15N3O6/c26-23(27)20-11-5-16(6-12-20)1-2-18-4-10-19(22(15-18)25(30)31)9-3-17-7-13-21(14-8-17)24(28)29/h1-15H. The van der Waals surface area contributed by atoms with Crippen LogP contribution in [0.4, 0.5) is 17.1 Å². The predicted octanol–water partition coefficient (Wildman–Crippen LogP) is 5.75. The van der Waals surface area contributed by atoms with Crippen LogP contribution >= 0.6 is 0 Å². The van der Waals surface area contributed by atoms with Crippen LogP contribution in [0.3, 0.4) is 0 Å². The second-order valence-corrected chi connectivity index (χ2v) is 6.44. The monoisotopic (exact) mass is 417 g/mol. The van der Waals surface area contributed by atoms with Crippen LogP contribution in [0.2, 0.25) is 0 Å². The topological polar surface area (TPSA) is 129 Å². The number of non-ortho nitro benzene ring substituents is 2. The highest BCUT2D eigenvalue weighted by atomic mass is 16.6. The Kier molecular flexibility index (Phi) is 6.27. The smallest absolute Gasteiger partial charge is 0.258 e. The summed E-state index contributed by atoms with van der Waals surface area (Å²) in [4.78, 5) is 31.4. The highest BCUT2D eigenvalue weighted by Crippen LogP contribution is 2.24. The number of hydrogen-bond donors (Lipinski definition) is 0. The van der Waals surface area contributed by atoms with Crippen molar-refractivity contribution in [2.45, 2.75) is 0 Å². The third-order valence-electron chi connectivity index (χ3n) is 4.38. The second-order valence-electron chi connectivity index (χ2n) is 6.44. The fourth-order valence-electron chi connectivity index (χ4n) is 2.76. The van der Waals surface area contributed by atoms with Crippen molar-refractivity contribution in [3.63, 3.8) is 0 Å². The molecule has 0 atom stereocenters. The van der Waals surface area contributed by atoms with Crippen molar-refractivity contribution in [3.05, 3.63) is 119 Å². The maximum absolute atomic E-state index is 11.5. The molecule has 0 saturated heterocycles. The Labute approximate surface area is 176 Å². The van der Waals surface area contributed by atoms with E-state index < -0.39 is 14.8 Å². The molecule has 0 aliphatic carbocycles. The van der Waals surface area contributed by atoms with Gasteiger partial charge in [-0.25, -0.2) is 0 Å². The highest BCUT2D eigenvalue weighted by molar-refractivity contribution is 5.77. The first-order valence-electron chi connectivity index (χ1n) is 8.97. The minimum Gasteiger partial charge on any atom is -0.258 e. The van der Waals surface area contributed by atoms with Crippen molar-refractivity contribution in [1.82, 2.24) is 0 Å². The van der Waals surface area contributed by atoms with E-state index in [4.69, 9.17) is 0 Å². The first-order chi connectivity index (χ1) is 14.8. The molecule has 9 heteroatoms. The fraction of sp³-hybridized carbons (Fsp3) is 0. The largest absolute Gasteiger partial charge is 0.277 e. The Bertz CT molecular complexity index is 1200. The van der Waals surface area contributed by atoms with Crippen LogP contribution in [0.1, 0.15) is 22.3 Å². The third-order valence-corrected chi connectivity index (χ3v) is 4.38. The van der Waals surface area contributed by atoms with Gasteiger partial charge in [0.2, 0.25) is 0 Å². The minimum atomic E-state index is -0.499. The minimum absolute atomic E-state index is 0.0167. The van der Waals surface area contributed by atoms with Crippen molar-refractivity contribution < 1.29 is 14.8 Å². The molecule has 0 heterocycles. The number of hydrogen-bond acceptors (Lipinski definition) is 6. The zero-order chi connectivity index (χ0) is 22.4. The summed E-state index contributed by atoms with van der Waals surface area (Å²) in [7, 11) is 0. The first kappa shape index (κ1) is 21.1. The zero-order valence-corrected chi connectivity index (χ0v) is 16.0. The van der Waals surface area contributed by atoms with Gasteiger partial charge < -0.3 is 0 Å². The summed E-state index contributed by atoms with van der Waals surface area (Å²) >= 11 is 0. The van der Waals surface area contributed by atoms with Gasteiger partial charge in [0.25, 0.3) is 17.1 Å². The summed E-state index contributed by atoms with van der Waals surface area (Å²) in [5, 5.41) is 32.9. The Balaban J connectivity index is 1.81. The number of nitro groups is 3. The lowest BCUT2D eigenvalue weighted by Gasteiger charge is -2.01. The lowest BCUT2D eigenvalue weighted by atomic mass is 10.1. The molecule has 3 aromatic rings. The molecule has 154 valence electrons. The maximum Gasteiger partial charge on any atom is 0.277 e. The van der Waals surface area contributed by atoms with Crippen LogP contribution in [-0.2, 0) is 0 Å². The van der Waals surface area contributed by atoms with Crippen molar-refractivity contribution in [2.75, 3.05) is 0 Å². The molecule has 0 saturated carbocycles. The average molecular weight is 417 g/mol. The summed E-state index contributed by atoms with van der Waals surface area (Å²) in [5.74, 6) is 0. The molecule has 0 N–H and O–H groups in total. The van der Waals surface area contributed by atoms with Crippen LogP contribution in [0.25, 0.3) is 24.3 Å². The molecule has 0 bridgehead atoms. The molecule has 3 rings (SSSR count). The van der Waals surface area contributed by atoms with Crippen molar-refractivity contribution in [2.24, 2.45) is 0 Å². The molecule has 31 heavy (non-hydrogen) atoms. The van der Waals surface area contributed by atoms with E-state index >= 15 is 0 Å². The molecule has 0 spiro atoms. The van der Waals surface area contributed by atoms with Gasteiger partial charge in [0, 0.05) is 30.3 Å². The number of nitrogens with zero attached hydrogens (tertiary/aromatic N) is 3.